The highest BCUT2D eigenvalue weighted by molar-refractivity contribution is 6.05. The van der Waals surface area contributed by atoms with Gasteiger partial charge in [0.25, 0.3) is 5.91 Å². The van der Waals surface area contributed by atoms with Crippen LogP contribution in [0.1, 0.15) is 41.9 Å². The number of anilines is 1. The molecule has 1 aliphatic carbocycles. The number of aromatic nitrogens is 3. The van der Waals surface area contributed by atoms with Gasteiger partial charge in [-0.3, -0.25) is 14.3 Å². The zero-order valence-electron chi connectivity index (χ0n) is 20.0. The van der Waals surface area contributed by atoms with Crippen molar-refractivity contribution in [3.63, 3.8) is 0 Å². The number of rotatable bonds is 6. The number of nitrogens with zero attached hydrogens (tertiary/aromatic N) is 4. The normalized spacial score (nSPS) is 16.8. The van der Waals surface area contributed by atoms with Crippen LogP contribution in [-0.2, 0) is 22.3 Å². The second kappa shape index (κ2) is 10.4. The van der Waals surface area contributed by atoms with Crippen LogP contribution in [0.3, 0.4) is 0 Å². The number of carbonyl (C=O) groups is 2. The van der Waals surface area contributed by atoms with Gasteiger partial charge in [0.2, 0.25) is 5.91 Å². The van der Waals surface area contributed by atoms with Crippen LogP contribution in [0.25, 0.3) is 10.9 Å². The van der Waals surface area contributed by atoms with Crippen LogP contribution in [-0.4, -0.2) is 63.9 Å². The van der Waals surface area contributed by atoms with Crippen LogP contribution in [0.2, 0.25) is 0 Å². The molecule has 1 saturated carbocycles. The summed E-state index contributed by atoms with van der Waals surface area (Å²) < 4.78 is 52.2. The average Bonchev–Trinajstić information content (AvgIpc) is 3.53. The average molecular weight is 518 g/mol. The third-order valence-corrected chi connectivity index (χ3v) is 6.43. The molecule has 2 aromatic heterocycles. The predicted molar refractivity (Wildman–Crippen MR) is 127 cm³/mol. The molecule has 0 radical (unpaired) electrons. The minimum Gasteiger partial charge on any atom is -0.488 e. The van der Waals surface area contributed by atoms with E-state index in [4.69, 9.17) is 9.47 Å². The number of morpholine rings is 1. The van der Waals surface area contributed by atoms with Gasteiger partial charge >= 0.3 is 6.18 Å². The summed E-state index contributed by atoms with van der Waals surface area (Å²) in [5.74, 6) is -0.510. The van der Waals surface area contributed by atoms with Crippen LogP contribution < -0.4 is 10.1 Å². The number of benzene rings is 1. The molecular weight excluding hydrogens is 491 g/mol. The Bertz CT molecular complexity index is 1300. The number of amides is 2. The quantitative estimate of drug-likeness (QED) is 0.533. The molecule has 5 rings (SSSR count). The number of alkyl halides is 3. The lowest BCUT2D eigenvalue weighted by atomic mass is 10.2. The first-order valence-corrected chi connectivity index (χ1v) is 12.2. The van der Waals surface area contributed by atoms with Crippen LogP contribution >= 0.6 is 0 Å². The lowest BCUT2D eigenvalue weighted by Gasteiger charge is -2.26. The summed E-state index contributed by atoms with van der Waals surface area (Å²) >= 11 is 0. The number of halogens is 3. The van der Waals surface area contributed by atoms with E-state index in [1.54, 1.807) is 23.2 Å². The SMILES string of the molecule is O=C(Nc1cc2cn(CC(=O)N3CCOCC3)nc2cc1OC1CCCC1)c1cccc(C(F)(F)F)n1. The number of hydrogen-bond donors (Lipinski definition) is 1. The molecular formula is C25H26F3N5O4. The van der Waals surface area contributed by atoms with Gasteiger partial charge in [0.1, 0.15) is 23.7 Å². The Morgan fingerprint density at radius 3 is 2.62 bits per heavy atom. The lowest BCUT2D eigenvalue weighted by Crippen LogP contribution is -2.42. The van der Waals surface area contributed by atoms with Gasteiger partial charge in [0.15, 0.2) is 0 Å². The molecule has 0 bridgehead atoms. The van der Waals surface area contributed by atoms with Gasteiger partial charge in [-0.2, -0.15) is 18.3 Å². The lowest BCUT2D eigenvalue weighted by molar-refractivity contribution is -0.141. The summed E-state index contributed by atoms with van der Waals surface area (Å²) in [5, 5.41) is 7.80. The van der Waals surface area contributed by atoms with Gasteiger partial charge < -0.3 is 19.7 Å². The summed E-state index contributed by atoms with van der Waals surface area (Å²) in [6.45, 7) is 2.10. The van der Waals surface area contributed by atoms with Crippen molar-refractivity contribution in [3.8, 4) is 5.75 Å². The zero-order valence-corrected chi connectivity index (χ0v) is 20.0. The molecule has 1 aromatic carbocycles. The van der Waals surface area contributed by atoms with Gasteiger partial charge in [0.05, 0.1) is 30.5 Å². The summed E-state index contributed by atoms with van der Waals surface area (Å²) in [6.07, 6.45) is 0.767. The third-order valence-electron chi connectivity index (χ3n) is 6.43. The number of carbonyl (C=O) groups excluding carboxylic acids is 2. The van der Waals surface area contributed by atoms with E-state index in [9.17, 15) is 22.8 Å². The monoisotopic (exact) mass is 517 g/mol. The van der Waals surface area contributed by atoms with Gasteiger partial charge in [0, 0.05) is 30.7 Å². The molecule has 9 nitrogen and oxygen atoms in total. The summed E-state index contributed by atoms with van der Waals surface area (Å²) in [5.41, 5.74) is -0.654. The maximum atomic E-state index is 13.1. The van der Waals surface area contributed by atoms with Gasteiger partial charge in [-0.15, -0.1) is 0 Å². The number of ether oxygens (including phenoxy) is 2. The van der Waals surface area contributed by atoms with Crippen molar-refractivity contribution in [1.29, 1.82) is 0 Å². The fourth-order valence-electron chi connectivity index (χ4n) is 4.52. The van der Waals surface area contributed by atoms with Crippen LogP contribution in [0, 0.1) is 0 Å². The maximum absolute atomic E-state index is 13.1. The van der Waals surface area contributed by atoms with Crippen molar-refractivity contribution in [2.45, 2.75) is 44.5 Å². The van der Waals surface area contributed by atoms with Gasteiger partial charge in [-0.25, -0.2) is 4.98 Å². The smallest absolute Gasteiger partial charge is 0.433 e. The third kappa shape index (κ3) is 5.85. The highest BCUT2D eigenvalue weighted by atomic mass is 19.4. The van der Waals surface area contributed by atoms with E-state index in [1.807, 2.05) is 0 Å². The highest BCUT2D eigenvalue weighted by Crippen LogP contribution is 2.34. The molecule has 0 spiro atoms. The number of nitrogens with one attached hydrogen (secondary N) is 1. The van der Waals surface area contributed by atoms with E-state index in [0.29, 0.717) is 48.6 Å². The van der Waals surface area contributed by atoms with Gasteiger partial charge in [-0.1, -0.05) is 6.07 Å². The van der Waals surface area contributed by atoms with E-state index in [1.165, 1.54) is 10.7 Å². The first-order chi connectivity index (χ1) is 17.8. The summed E-state index contributed by atoms with van der Waals surface area (Å²) in [4.78, 5) is 30.7. The van der Waals surface area contributed by atoms with Crippen molar-refractivity contribution < 1.29 is 32.2 Å². The van der Waals surface area contributed by atoms with Crippen LogP contribution in [0.5, 0.6) is 5.75 Å². The molecule has 37 heavy (non-hydrogen) atoms. The Morgan fingerprint density at radius 2 is 1.89 bits per heavy atom. The second-order valence-corrected chi connectivity index (χ2v) is 9.11. The minimum absolute atomic E-state index is 0.0373. The van der Waals surface area contributed by atoms with E-state index in [2.05, 4.69) is 15.4 Å². The van der Waals surface area contributed by atoms with Crippen molar-refractivity contribution in [1.82, 2.24) is 19.7 Å². The van der Waals surface area contributed by atoms with Crippen molar-refractivity contribution in [2.24, 2.45) is 0 Å². The molecule has 0 atom stereocenters. The Balaban J connectivity index is 1.41. The van der Waals surface area contributed by atoms with Gasteiger partial charge in [-0.05, 0) is 43.9 Å². The van der Waals surface area contributed by atoms with E-state index >= 15 is 0 Å². The summed E-state index contributed by atoms with van der Waals surface area (Å²) in [7, 11) is 0. The number of fused-ring (bicyclic) bond motifs is 1. The minimum atomic E-state index is -4.67. The standard InChI is InChI=1S/C25H26F3N5O4/c26-25(27,28)22-7-3-6-18(29-22)24(35)30-20-12-16-14-33(15-23(34)32-8-10-36-11-9-32)31-19(16)13-21(20)37-17-4-1-2-5-17/h3,6-7,12-14,17H,1-2,4-5,8-11,15H2,(H,30,35). The molecule has 3 heterocycles. The zero-order chi connectivity index (χ0) is 26.0. The molecule has 0 unspecified atom stereocenters. The van der Waals surface area contributed by atoms with Crippen molar-refractivity contribution in [2.75, 3.05) is 31.6 Å². The molecule has 1 saturated heterocycles. The van der Waals surface area contributed by atoms with E-state index < -0.39 is 17.8 Å². The summed E-state index contributed by atoms with van der Waals surface area (Å²) in [6, 6.07) is 6.49. The number of hydrogen-bond acceptors (Lipinski definition) is 6. The first kappa shape index (κ1) is 25.0. The molecule has 2 amide bonds. The Hall–Kier alpha value is -3.67. The Labute approximate surface area is 210 Å². The van der Waals surface area contributed by atoms with Crippen molar-refractivity contribution >= 4 is 28.4 Å². The Kier molecular flexibility index (Phi) is 7.00. The second-order valence-electron chi connectivity index (χ2n) is 9.11. The highest BCUT2D eigenvalue weighted by Gasteiger charge is 2.33. The largest absolute Gasteiger partial charge is 0.488 e. The molecule has 1 aliphatic heterocycles. The fraction of sp³-hybridized carbons (Fsp3) is 0.440. The van der Waals surface area contributed by atoms with Crippen LogP contribution in [0.15, 0.2) is 36.5 Å². The number of pyridine rings is 1. The molecule has 2 aliphatic rings. The molecule has 196 valence electrons. The topological polar surface area (TPSA) is 98.6 Å². The molecule has 12 heteroatoms. The predicted octanol–water partition coefficient (Wildman–Crippen LogP) is 3.88. The van der Waals surface area contributed by atoms with E-state index in [-0.39, 0.29) is 24.2 Å². The van der Waals surface area contributed by atoms with E-state index in [0.717, 1.165) is 37.8 Å². The van der Waals surface area contributed by atoms with Crippen LogP contribution in [0.4, 0.5) is 18.9 Å². The fourth-order valence-corrected chi connectivity index (χ4v) is 4.52. The van der Waals surface area contributed by atoms with Crippen molar-refractivity contribution in [3.05, 3.63) is 47.9 Å². The maximum Gasteiger partial charge on any atom is 0.433 e. The Morgan fingerprint density at radius 1 is 1.14 bits per heavy atom. The molecule has 2 fully saturated rings. The first-order valence-electron chi connectivity index (χ1n) is 12.2. The molecule has 1 N–H and O–H groups in total. The molecule has 3 aromatic rings.